The molecule has 31 heavy (non-hydrogen) atoms. The van der Waals surface area contributed by atoms with Gasteiger partial charge in [0.25, 0.3) is 0 Å². The molecule has 1 fully saturated rings. The van der Waals surface area contributed by atoms with Crippen LogP contribution in [0, 0.1) is 0 Å². The van der Waals surface area contributed by atoms with Gasteiger partial charge in [0, 0.05) is 5.92 Å². The molecule has 3 rings (SSSR count). The lowest BCUT2D eigenvalue weighted by atomic mass is 9.85. The standard InChI is InChI=1S/C22H18F6O3/c1-12-11-30-20(29)19(18(12)14-6-4-3-5-7-14)31-13(2)15-8-16(21(23,24)25)10-17(9-15)22(26,27)28/h3-10,13,18-19H,1,11H2,2H3/t13-,18-,19-/m1/s1. The molecule has 1 aliphatic rings. The van der Waals surface area contributed by atoms with Gasteiger partial charge in [-0.2, -0.15) is 26.3 Å². The third kappa shape index (κ3) is 5.10. The van der Waals surface area contributed by atoms with Crippen LogP contribution in [-0.2, 0) is 26.6 Å². The van der Waals surface area contributed by atoms with Gasteiger partial charge in [0.1, 0.15) is 6.61 Å². The van der Waals surface area contributed by atoms with Crippen molar-refractivity contribution in [1.82, 2.24) is 0 Å². The molecule has 0 unspecified atom stereocenters. The molecule has 0 aliphatic carbocycles. The van der Waals surface area contributed by atoms with Gasteiger partial charge in [-0.25, -0.2) is 4.79 Å². The molecular weight excluding hydrogens is 426 g/mol. The van der Waals surface area contributed by atoms with Crippen molar-refractivity contribution in [3.05, 3.63) is 82.9 Å². The van der Waals surface area contributed by atoms with Crippen LogP contribution in [0.5, 0.6) is 0 Å². The van der Waals surface area contributed by atoms with Crippen LogP contribution in [0.1, 0.15) is 41.2 Å². The number of halogens is 6. The Morgan fingerprint density at radius 3 is 2.06 bits per heavy atom. The molecule has 166 valence electrons. The summed E-state index contributed by atoms with van der Waals surface area (Å²) in [4.78, 5) is 12.4. The van der Waals surface area contributed by atoms with E-state index in [0.29, 0.717) is 23.3 Å². The van der Waals surface area contributed by atoms with Crippen molar-refractivity contribution in [3.8, 4) is 0 Å². The first-order valence-electron chi connectivity index (χ1n) is 9.22. The maximum absolute atomic E-state index is 13.2. The van der Waals surface area contributed by atoms with Crippen LogP contribution >= 0.6 is 0 Å². The van der Waals surface area contributed by atoms with E-state index in [1.165, 1.54) is 6.92 Å². The van der Waals surface area contributed by atoms with Gasteiger partial charge in [0.15, 0.2) is 6.10 Å². The normalized spacial score (nSPS) is 21.0. The molecule has 0 amide bonds. The Morgan fingerprint density at radius 2 is 1.55 bits per heavy atom. The van der Waals surface area contributed by atoms with E-state index < -0.39 is 47.6 Å². The number of rotatable bonds is 4. The Kier molecular flexibility index (Phi) is 6.18. The molecule has 2 aromatic carbocycles. The van der Waals surface area contributed by atoms with Crippen LogP contribution in [-0.4, -0.2) is 18.7 Å². The second kappa shape index (κ2) is 8.37. The molecule has 1 aliphatic heterocycles. The van der Waals surface area contributed by atoms with Crippen molar-refractivity contribution in [1.29, 1.82) is 0 Å². The van der Waals surface area contributed by atoms with Crippen LogP contribution in [0.3, 0.4) is 0 Å². The minimum Gasteiger partial charge on any atom is -0.459 e. The Labute approximate surface area is 174 Å². The van der Waals surface area contributed by atoms with E-state index in [1.54, 1.807) is 30.3 Å². The van der Waals surface area contributed by atoms with Gasteiger partial charge >= 0.3 is 18.3 Å². The van der Waals surface area contributed by atoms with E-state index in [4.69, 9.17) is 9.47 Å². The number of hydrogen-bond acceptors (Lipinski definition) is 3. The number of esters is 1. The molecule has 1 heterocycles. The molecule has 1 saturated heterocycles. The molecule has 0 saturated carbocycles. The number of cyclic esters (lactones) is 1. The second-order valence-electron chi connectivity index (χ2n) is 7.19. The highest BCUT2D eigenvalue weighted by Crippen LogP contribution is 2.40. The predicted octanol–water partition coefficient (Wildman–Crippen LogP) is 6.07. The third-order valence-corrected chi connectivity index (χ3v) is 4.96. The second-order valence-corrected chi connectivity index (χ2v) is 7.19. The summed E-state index contributed by atoms with van der Waals surface area (Å²) < 4.78 is 89.7. The van der Waals surface area contributed by atoms with Crippen molar-refractivity contribution >= 4 is 5.97 Å². The highest BCUT2D eigenvalue weighted by Gasteiger charge is 2.41. The Bertz CT molecular complexity index is 933. The van der Waals surface area contributed by atoms with Gasteiger partial charge in [-0.3, -0.25) is 0 Å². The number of ether oxygens (including phenoxy) is 2. The smallest absolute Gasteiger partial charge is 0.416 e. The van der Waals surface area contributed by atoms with Crippen molar-refractivity contribution in [3.63, 3.8) is 0 Å². The van der Waals surface area contributed by atoms with E-state index in [0.717, 1.165) is 0 Å². The number of hydrogen-bond donors (Lipinski definition) is 0. The van der Waals surface area contributed by atoms with Gasteiger partial charge in [-0.1, -0.05) is 36.9 Å². The van der Waals surface area contributed by atoms with Gasteiger partial charge < -0.3 is 9.47 Å². The third-order valence-electron chi connectivity index (χ3n) is 4.96. The Hall–Kier alpha value is -2.81. The fraction of sp³-hybridized carbons (Fsp3) is 0.318. The Balaban J connectivity index is 1.97. The SMILES string of the molecule is C=C1COC(=O)[C@H](O[C@H](C)c2cc(C(F)(F)F)cc(C(F)(F)F)c2)[C@H]1c1ccccc1. The largest absolute Gasteiger partial charge is 0.459 e. The van der Waals surface area contributed by atoms with Crippen LogP contribution in [0.25, 0.3) is 0 Å². The summed E-state index contributed by atoms with van der Waals surface area (Å²) in [5.41, 5.74) is -2.10. The zero-order valence-electron chi connectivity index (χ0n) is 16.3. The number of carbonyl (C=O) groups excluding carboxylic acids is 1. The van der Waals surface area contributed by atoms with Gasteiger partial charge in [0.2, 0.25) is 0 Å². The van der Waals surface area contributed by atoms with Crippen molar-refractivity contribution < 1.29 is 40.6 Å². The minimum absolute atomic E-state index is 0.0414. The zero-order chi connectivity index (χ0) is 23.0. The van der Waals surface area contributed by atoms with Crippen LogP contribution in [0.4, 0.5) is 26.3 Å². The summed E-state index contributed by atoms with van der Waals surface area (Å²) in [6, 6.07) is 9.87. The molecule has 0 N–H and O–H groups in total. The van der Waals surface area contributed by atoms with Gasteiger partial charge in [-0.15, -0.1) is 0 Å². The first kappa shape index (κ1) is 22.9. The van der Waals surface area contributed by atoms with E-state index in [1.807, 2.05) is 0 Å². The highest BCUT2D eigenvalue weighted by atomic mass is 19.4. The first-order chi connectivity index (χ1) is 14.4. The molecule has 3 nitrogen and oxygen atoms in total. The molecule has 3 atom stereocenters. The fourth-order valence-corrected chi connectivity index (χ4v) is 3.40. The van der Waals surface area contributed by atoms with Crippen LogP contribution in [0.2, 0.25) is 0 Å². The summed E-state index contributed by atoms with van der Waals surface area (Å²) >= 11 is 0. The molecular formula is C22H18F6O3. The first-order valence-corrected chi connectivity index (χ1v) is 9.22. The summed E-state index contributed by atoms with van der Waals surface area (Å²) in [5.74, 6) is -1.42. The van der Waals surface area contributed by atoms with Crippen molar-refractivity contribution in [2.24, 2.45) is 0 Å². The fourth-order valence-electron chi connectivity index (χ4n) is 3.40. The average Bonchev–Trinajstić information content (AvgIpc) is 2.70. The van der Waals surface area contributed by atoms with Gasteiger partial charge in [0.05, 0.1) is 17.2 Å². The summed E-state index contributed by atoms with van der Waals surface area (Å²) in [5, 5.41) is 0. The summed E-state index contributed by atoms with van der Waals surface area (Å²) in [7, 11) is 0. The summed E-state index contributed by atoms with van der Waals surface area (Å²) in [6.45, 7) is 5.09. The average molecular weight is 444 g/mol. The van der Waals surface area contributed by atoms with Crippen LogP contribution < -0.4 is 0 Å². The van der Waals surface area contributed by atoms with Crippen molar-refractivity contribution in [2.75, 3.05) is 6.61 Å². The summed E-state index contributed by atoms with van der Waals surface area (Å²) in [6.07, 6.45) is -12.5. The van der Waals surface area contributed by atoms with E-state index in [9.17, 15) is 31.1 Å². The lowest BCUT2D eigenvalue weighted by Gasteiger charge is -2.34. The molecule has 9 heteroatoms. The topological polar surface area (TPSA) is 35.5 Å². The van der Waals surface area contributed by atoms with Crippen molar-refractivity contribution in [2.45, 2.75) is 37.4 Å². The molecule has 0 bridgehead atoms. The number of benzene rings is 2. The predicted molar refractivity (Wildman–Crippen MR) is 99.0 cm³/mol. The van der Waals surface area contributed by atoms with E-state index >= 15 is 0 Å². The van der Waals surface area contributed by atoms with Gasteiger partial charge in [-0.05, 0) is 41.8 Å². The number of alkyl halides is 6. The maximum atomic E-state index is 13.2. The lowest BCUT2D eigenvalue weighted by Crippen LogP contribution is -2.40. The molecule has 0 spiro atoms. The molecule has 0 radical (unpaired) electrons. The minimum atomic E-state index is -4.99. The zero-order valence-corrected chi connectivity index (χ0v) is 16.3. The van der Waals surface area contributed by atoms with E-state index in [2.05, 4.69) is 6.58 Å². The number of carbonyl (C=O) groups is 1. The van der Waals surface area contributed by atoms with Crippen LogP contribution in [0.15, 0.2) is 60.7 Å². The van der Waals surface area contributed by atoms with E-state index in [-0.39, 0.29) is 18.2 Å². The Morgan fingerprint density at radius 1 is 1.00 bits per heavy atom. The quantitative estimate of drug-likeness (QED) is 0.326. The maximum Gasteiger partial charge on any atom is 0.416 e. The molecule has 0 aromatic heterocycles. The monoisotopic (exact) mass is 444 g/mol. The lowest BCUT2D eigenvalue weighted by molar-refractivity contribution is -0.166. The molecule has 2 aromatic rings. The highest BCUT2D eigenvalue weighted by molar-refractivity contribution is 5.78.